The Balaban J connectivity index is 2.52. The Hall–Kier alpha value is -0.150. The van der Waals surface area contributed by atoms with Crippen molar-refractivity contribution in [2.45, 2.75) is 12.8 Å². The molecule has 1 heterocycles. The van der Waals surface area contributed by atoms with Crippen molar-refractivity contribution in [2.24, 2.45) is 0 Å². The highest BCUT2D eigenvalue weighted by Gasteiger charge is 1.96. The van der Waals surface area contributed by atoms with Crippen LogP contribution in [-0.2, 0) is 6.42 Å². The lowest BCUT2D eigenvalue weighted by Gasteiger charge is -1.83. The zero-order chi connectivity index (χ0) is 7.40. The topological polar surface area (TPSA) is 36.7 Å². The first-order chi connectivity index (χ1) is 4.83. The van der Waals surface area contributed by atoms with Crippen LogP contribution < -0.4 is 0 Å². The van der Waals surface area contributed by atoms with E-state index in [1.54, 1.807) is 11.3 Å². The van der Waals surface area contributed by atoms with Crippen molar-refractivity contribution < 1.29 is 0 Å². The van der Waals surface area contributed by atoms with Gasteiger partial charge in [-0.2, -0.15) is 5.26 Å². The summed E-state index contributed by atoms with van der Waals surface area (Å²) in [5.41, 5.74) is 1.04. The predicted octanol–water partition coefficient (Wildman–Crippen LogP) is 2.20. The van der Waals surface area contributed by atoms with Crippen molar-refractivity contribution >= 4 is 33.9 Å². The second-order valence-electron chi connectivity index (χ2n) is 1.75. The predicted molar refractivity (Wildman–Crippen MR) is 48.8 cm³/mol. The molecule has 0 spiro atoms. The standard InChI is InChI=1S/C6H5IN2S/c7-6-9-5(4-10-6)2-1-3-8/h4H,1-2H2. The highest BCUT2D eigenvalue weighted by Crippen LogP contribution is 2.12. The minimum atomic E-state index is 0.569. The third-order valence-corrected chi connectivity index (χ3v) is 2.70. The normalized spacial score (nSPS) is 9.20. The van der Waals surface area contributed by atoms with Crippen LogP contribution in [0.2, 0.25) is 0 Å². The fourth-order valence-corrected chi connectivity index (χ4v) is 1.85. The average molecular weight is 264 g/mol. The van der Waals surface area contributed by atoms with Crippen molar-refractivity contribution in [3.8, 4) is 6.07 Å². The third-order valence-electron chi connectivity index (χ3n) is 1.02. The molecule has 0 aliphatic heterocycles. The van der Waals surface area contributed by atoms with Crippen molar-refractivity contribution in [3.05, 3.63) is 14.1 Å². The molecule has 0 aromatic carbocycles. The Bertz CT molecular complexity index is 250. The maximum atomic E-state index is 8.26. The molecule has 0 bridgehead atoms. The molecule has 2 nitrogen and oxygen atoms in total. The van der Waals surface area contributed by atoms with Crippen molar-refractivity contribution in [2.75, 3.05) is 0 Å². The molecule has 0 amide bonds. The molecule has 0 saturated carbocycles. The van der Waals surface area contributed by atoms with E-state index in [-0.39, 0.29) is 0 Å². The van der Waals surface area contributed by atoms with Gasteiger partial charge in [-0.25, -0.2) is 4.98 Å². The molecule has 1 aromatic heterocycles. The highest BCUT2D eigenvalue weighted by atomic mass is 127. The van der Waals surface area contributed by atoms with E-state index in [9.17, 15) is 0 Å². The molecule has 0 aliphatic carbocycles. The van der Waals surface area contributed by atoms with Crippen LogP contribution in [0.4, 0.5) is 0 Å². The van der Waals surface area contributed by atoms with Gasteiger partial charge in [0.1, 0.15) is 0 Å². The molecule has 10 heavy (non-hydrogen) atoms. The number of hydrogen-bond donors (Lipinski definition) is 0. The van der Waals surface area contributed by atoms with Gasteiger partial charge in [0.15, 0.2) is 3.01 Å². The maximum absolute atomic E-state index is 8.26. The summed E-state index contributed by atoms with van der Waals surface area (Å²) in [5.74, 6) is 0. The first-order valence-electron chi connectivity index (χ1n) is 2.80. The molecule has 0 unspecified atom stereocenters. The van der Waals surface area contributed by atoms with Gasteiger partial charge in [0, 0.05) is 18.2 Å². The van der Waals surface area contributed by atoms with Crippen LogP contribution in [0.15, 0.2) is 5.38 Å². The average Bonchev–Trinajstić information content (AvgIpc) is 2.31. The third kappa shape index (κ3) is 2.23. The second kappa shape index (κ2) is 3.88. The molecule has 0 atom stereocenters. The van der Waals surface area contributed by atoms with Gasteiger partial charge in [0.05, 0.1) is 11.8 Å². The van der Waals surface area contributed by atoms with Crippen LogP contribution in [0, 0.1) is 14.3 Å². The fraction of sp³-hybridized carbons (Fsp3) is 0.333. The lowest BCUT2D eigenvalue weighted by molar-refractivity contribution is 0.963. The van der Waals surface area contributed by atoms with Gasteiger partial charge >= 0.3 is 0 Å². The summed E-state index contributed by atoms with van der Waals surface area (Å²) in [6.07, 6.45) is 1.36. The minimum Gasteiger partial charge on any atom is -0.235 e. The number of aryl methyl sites for hydroxylation is 1. The first kappa shape index (κ1) is 7.95. The fourth-order valence-electron chi connectivity index (χ4n) is 0.581. The molecule has 4 heteroatoms. The number of hydrogen-bond acceptors (Lipinski definition) is 3. The molecule has 0 fully saturated rings. The Kier molecular flexibility index (Phi) is 3.09. The lowest BCUT2D eigenvalue weighted by atomic mass is 10.3. The molecule has 0 saturated heterocycles. The molecule has 52 valence electrons. The number of nitrogens with zero attached hydrogens (tertiary/aromatic N) is 2. The monoisotopic (exact) mass is 264 g/mol. The van der Waals surface area contributed by atoms with E-state index in [0.29, 0.717) is 6.42 Å². The number of halogens is 1. The van der Waals surface area contributed by atoms with E-state index in [4.69, 9.17) is 5.26 Å². The van der Waals surface area contributed by atoms with Gasteiger partial charge in [0.25, 0.3) is 0 Å². The summed E-state index contributed by atoms with van der Waals surface area (Å²) in [7, 11) is 0. The van der Waals surface area contributed by atoms with E-state index in [2.05, 4.69) is 33.6 Å². The summed E-state index contributed by atoms with van der Waals surface area (Å²) in [6.45, 7) is 0. The van der Waals surface area contributed by atoms with E-state index in [1.165, 1.54) is 0 Å². The molecular weight excluding hydrogens is 259 g/mol. The van der Waals surface area contributed by atoms with Gasteiger partial charge < -0.3 is 0 Å². The van der Waals surface area contributed by atoms with Crippen LogP contribution in [0.25, 0.3) is 0 Å². The van der Waals surface area contributed by atoms with Gasteiger partial charge in [-0.1, -0.05) is 0 Å². The summed E-state index contributed by atoms with van der Waals surface area (Å²) < 4.78 is 1.05. The van der Waals surface area contributed by atoms with Crippen LogP contribution >= 0.6 is 33.9 Å². The number of rotatable bonds is 2. The summed E-state index contributed by atoms with van der Waals surface area (Å²) in [5, 5.41) is 10.3. The second-order valence-corrected chi connectivity index (χ2v) is 4.36. The first-order valence-corrected chi connectivity index (χ1v) is 4.75. The van der Waals surface area contributed by atoms with E-state index in [1.807, 2.05) is 5.38 Å². The zero-order valence-corrected chi connectivity index (χ0v) is 8.15. The number of aromatic nitrogens is 1. The van der Waals surface area contributed by atoms with Gasteiger partial charge in [-0.3, -0.25) is 0 Å². The van der Waals surface area contributed by atoms with Gasteiger partial charge in [0.2, 0.25) is 0 Å². The smallest absolute Gasteiger partial charge is 0.154 e. The molecule has 1 rings (SSSR count). The van der Waals surface area contributed by atoms with Crippen molar-refractivity contribution in [1.82, 2.24) is 4.98 Å². The molecule has 0 N–H and O–H groups in total. The van der Waals surface area contributed by atoms with Crippen LogP contribution in [0.3, 0.4) is 0 Å². The lowest BCUT2D eigenvalue weighted by Crippen LogP contribution is -1.82. The molecule has 0 aliphatic rings. The Morgan fingerprint density at radius 1 is 1.80 bits per heavy atom. The quantitative estimate of drug-likeness (QED) is 0.768. The Morgan fingerprint density at radius 3 is 3.10 bits per heavy atom. The van der Waals surface area contributed by atoms with Gasteiger partial charge in [-0.15, -0.1) is 11.3 Å². The van der Waals surface area contributed by atoms with E-state index < -0.39 is 0 Å². The van der Waals surface area contributed by atoms with Crippen LogP contribution in [0.5, 0.6) is 0 Å². The highest BCUT2D eigenvalue weighted by molar-refractivity contribution is 14.1. The van der Waals surface area contributed by atoms with Crippen LogP contribution in [0.1, 0.15) is 12.1 Å². The number of nitriles is 1. The van der Waals surface area contributed by atoms with Crippen molar-refractivity contribution in [3.63, 3.8) is 0 Å². The van der Waals surface area contributed by atoms with E-state index in [0.717, 1.165) is 15.1 Å². The van der Waals surface area contributed by atoms with Gasteiger partial charge in [-0.05, 0) is 22.6 Å². The van der Waals surface area contributed by atoms with Crippen LogP contribution in [-0.4, -0.2) is 4.98 Å². The molecular formula is C6H5IN2S. The SMILES string of the molecule is N#CCCc1csc(I)n1. The Labute approximate surface area is 77.0 Å². The summed E-state index contributed by atoms with van der Waals surface area (Å²) >= 11 is 3.80. The minimum absolute atomic E-state index is 0.569. The van der Waals surface area contributed by atoms with Crippen molar-refractivity contribution in [1.29, 1.82) is 5.26 Å². The summed E-state index contributed by atoms with van der Waals surface area (Å²) in [4.78, 5) is 4.20. The largest absolute Gasteiger partial charge is 0.235 e. The maximum Gasteiger partial charge on any atom is 0.154 e. The molecule has 1 aromatic rings. The van der Waals surface area contributed by atoms with E-state index >= 15 is 0 Å². The molecule has 0 radical (unpaired) electrons. The summed E-state index contributed by atoms with van der Waals surface area (Å²) in [6, 6.07) is 2.09. The zero-order valence-electron chi connectivity index (χ0n) is 5.17. The number of thiazole rings is 1. The Morgan fingerprint density at radius 2 is 2.60 bits per heavy atom.